The number of amidine groups is 2. The Balaban J connectivity index is 0.00000461. The molecule has 0 spiro atoms. The molecule has 1 fully saturated rings. The van der Waals surface area contributed by atoms with Crippen molar-refractivity contribution in [1.29, 1.82) is 10.8 Å². The first-order valence-corrected chi connectivity index (χ1v) is 16.5. The van der Waals surface area contributed by atoms with Gasteiger partial charge in [-0.1, -0.05) is 80.1 Å². The largest absolute Gasteiger partial charge is 2.00 e. The quantitative estimate of drug-likeness (QED) is 0.187. The second-order valence-corrected chi connectivity index (χ2v) is 11.7. The van der Waals surface area contributed by atoms with Crippen LogP contribution in [0.3, 0.4) is 0 Å². The van der Waals surface area contributed by atoms with Crippen LogP contribution in [0.15, 0.2) is 20.0 Å². The number of hydrogen-bond acceptors (Lipinski definition) is 7. The summed E-state index contributed by atoms with van der Waals surface area (Å²) in [7, 11) is 0. The van der Waals surface area contributed by atoms with Gasteiger partial charge in [0.2, 0.25) is 0 Å². The first-order chi connectivity index (χ1) is 21.4. The molecule has 11 heteroatoms. The molecule has 2 aliphatic heterocycles. The van der Waals surface area contributed by atoms with Crippen LogP contribution < -0.4 is 26.3 Å². The third-order valence-electron chi connectivity index (χ3n) is 8.24. The number of hydrogen-bond donors (Lipinski definition) is 4. The Labute approximate surface area is 282 Å². The SMILES string of the molecule is CCCc1c2[n-]c(c1CCC)N=c1[nH]c(c(CCC)c1CCC)=Nc1[n-]c(c(CCC)c1CCC)N=C1NC(=N2)C(=N)C1=N.[Mg+2]. The fourth-order valence-corrected chi connectivity index (χ4v) is 6.27. The van der Waals surface area contributed by atoms with Crippen molar-refractivity contribution in [3.63, 3.8) is 0 Å². The normalized spacial score (nSPS) is 14.0. The molecule has 1 saturated heterocycles. The summed E-state index contributed by atoms with van der Waals surface area (Å²) in [6, 6.07) is 0. The van der Waals surface area contributed by atoms with Gasteiger partial charge >= 0.3 is 23.1 Å². The summed E-state index contributed by atoms with van der Waals surface area (Å²) in [6.07, 6.45) is 10.8. The maximum absolute atomic E-state index is 8.74. The van der Waals surface area contributed by atoms with E-state index < -0.39 is 0 Å². The van der Waals surface area contributed by atoms with Crippen LogP contribution in [0.5, 0.6) is 0 Å². The van der Waals surface area contributed by atoms with Gasteiger partial charge in [-0.2, -0.15) is 0 Å². The standard InChI is InChI=1S/C34H46N10.Mg/c1-7-13-19-20(14-8-2)28-37-27(19)38-29-21(15-9-3)23(17-11-5)31(40-29)42-33-25(35)26(36)34(44-33)43-32-24(18-12-6)22(16-10-4)30(39-28)41-32;/h35-36H,7-18H2,1-6H3,(H,37,38,39)(H,42,43,44);/q-2;+2. The number of nitrogens with one attached hydrogen (secondary N) is 4. The number of nitrogens with zero attached hydrogens (tertiary/aromatic N) is 6. The van der Waals surface area contributed by atoms with Crippen LogP contribution in [-0.2, 0) is 38.5 Å². The van der Waals surface area contributed by atoms with E-state index in [2.05, 4.69) is 51.8 Å². The number of aliphatic imine (C=N–C) groups is 2. The fourth-order valence-electron chi connectivity index (χ4n) is 6.27. The first-order valence-electron chi connectivity index (χ1n) is 16.5. The van der Waals surface area contributed by atoms with Crippen molar-refractivity contribution in [3.05, 3.63) is 44.4 Å². The predicted molar refractivity (Wildman–Crippen MR) is 184 cm³/mol. The molecule has 234 valence electrons. The maximum Gasteiger partial charge on any atom is 2.00 e. The molecular formula is C34H46MgN10. The van der Waals surface area contributed by atoms with Crippen LogP contribution in [0.2, 0.25) is 0 Å². The Morgan fingerprint density at radius 3 is 1.07 bits per heavy atom. The van der Waals surface area contributed by atoms with Gasteiger partial charge in [-0.05, 0) is 71.9 Å². The van der Waals surface area contributed by atoms with E-state index in [4.69, 9.17) is 40.8 Å². The van der Waals surface area contributed by atoms with Crippen molar-refractivity contribution < 1.29 is 0 Å². The molecule has 3 aromatic rings. The van der Waals surface area contributed by atoms with Crippen molar-refractivity contribution in [3.8, 4) is 0 Å². The van der Waals surface area contributed by atoms with Gasteiger partial charge in [0.25, 0.3) is 0 Å². The minimum absolute atomic E-state index is 0. The van der Waals surface area contributed by atoms with E-state index in [1.165, 1.54) is 11.1 Å². The number of rotatable bonds is 12. The summed E-state index contributed by atoms with van der Waals surface area (Å²) >= 11 is 0. The monoisotopic (exact) mass is 618 g/mol. The molecule has 8 bridgehead atoms. The van der Waals surface area contributed by atoms with E-state index in [0.29, 0.717) is 23.3 Å². The molecule has 2 aliphatic rings. The summed E-state index contributed by atoms with van der Waals surface area (Å²) in [5.41, 5.74) is 8.35. The summed E-state index contributed by atoms with van der Waals surface area (Å²) in [6.45, 7) is 13.0. The van der Waals surface area contributed by atoms with Gasteiger partial charge in [-0.15, -0.1) is 0 Å². The van der Waals surface area contributed by atoms with Crippen molar-refractivity contribution in [1.82, 2.24) is 20.3 Å². The van der Waals surface area contributed by atoms with Crippen molar-refractivity contribution in [2.75, 3.05) is 0 Å². The molecular weight excluding hydrogens is 573 g/mol. The van der Waals surface area contributed by atoms with E-state index in [1.54, 1.807) is 0 Å². The number of H-pyrrole nitrogens is 1. The van der Waals surface area contributed by atoms with Crippen LogP contribution >= 0.6 is 0 Å². The van der Waals surface area contributed by atoms with E-state index in [-0.39, 0.29) is 46.1 Å². The molecule has 0 aromatic carbocycles. The summed E-state index contributed by atoms with van der Waals surface area (Å²) < 4.78 is 0. The van der Waals surface area contributed by atoms with Crippen LogP contribution in [-0.4, -0.2) is 51.1 Å². The smallest absolute Gasteiger partial charge is 0.358 e. The molecule has 0 aliphatic carbocycles. The van der Waals surface area contributed by atoms with Crippen LogP contribution in [0.4, 0.5) is 23.3 Å². The van der Waals surface area contributed by atoms with Crippen molar-refractivity contribution in [2.45, 2.75) is 119 Å². The third-order valence-corrected chi connectivity index (χ3v) is 8.24. The Bertz CT molecular complexity index is 1620. The molecule has 0 amide bonds. The Hall–Kier alpha value is -3.31. The van der Waals surface area contributed by atoms with Crippen LogP contribution in [0, 0.1) is 10.8 Å². The molecule has 0 unspecified atom stereocenters. The zero-order chi connectivity index (χ0) is 31.4. The minimum Gasteiger partial charge on any atom is -0.358 e. The zero-order valence-electron chi connectivity index (χ0n) is 27.9. The van der Waals surface area contributed by atoms with E-state index >= 15 is 0 Å². The molecule has 4 N–H and O–H groups in total. The second kappa shape index (κ2) is 15.3. The third kappa shape index (κ3) is 6.79. The number of fused-ring (bicyclic) bond motifs is 8. The molecule has 0 radical (unpaired) electrons. The van der Waals surface area contributed by atoms with E-state index in [9.17, 15) is 0 Å². The molecule has 0 atom stereocenters. The van der Waals surface area contributed by atoms with Gasteiger partial charge in [0.05, 0.1) is 22.6 Å². The van der Waals surface area contributed by atoms with Crippen molar-refractivity contribution >= 4 is 69.4 Å². The van der Waals surface area contributed by atoms with Gasteiger partial charge in [-0.25, -0.2) is 0 Å². The zero-order valence-corrected chi connectivity index (χ0v) is 29.3. The Morgan fingerprint density at radius 1 is 0.467 bits per heavy atom. The molecule has 5 rings (SSSR count). The first kappa shape index (κ1) is 34.6. The Kier molecular flexibility index (Phi) is 11.8. The van der Waals surface area contributed by atoms with E-state index in [1.807, 2.05) is 0 Å². The van der Waals surface area contributed by atoms with Gasteiger partial charge in [0.1, 0.15) is 11.4 Å². The predicted octanol–water partition coefficient (Wildman–Crippen LogP) is 5.88. The number of aromatic amines is 1. The van der Waals surface area contributed by atoms with Crippen LogP contribution in [0.25, 0.3) is 0 Å². The minimum atomic E-state index is -0.000590. The maximum atomic E-state index is 8.74. The molecule has 45 heavy (non-hydrogen) atoms. The Morgan fingerprint density at radius 2 is 0.756 bits per heavy atom. The topological polar surface area (TPSA) is 153 Å². The van der Waals surface area contributed by atoms with Gasteiger partial charge in [0, 0.05) is 23.3 Å². The molecule has 5 heterocycles. The summed E-state index contributed by atoms with van der Waals surface area (Å²) in [5.74, 6) is 3.05. The van der Waals surface area contributed by atoms with E-state index in [0.717, 1.165) is 110 Å². The molecule has 0 saturated carbocycles. The van der Waals surface area contributed by atoms with Crippen LogP contribution in [0.1, 0.15) is 113 Å². The second-order valence-electron chi connectivity index (χ2n) is 11.7. The van der Waals surface area contributed by atoms with Gasteiger partial charge in [0.15, 0.2) is 0 Å². The fraction of sp³-hybridized carbons (Fsp3) is 0.529. The van der Waals surface area contributed by atoms with Crippen molar-refractivity contribution in [2.24, 2.45) is 20.0 Å². The molecule has 3 aromatic heterocycles. The molecule has 10 nitrogen and oxygen atoms in total. The van der Waals surface area contributed by atoms with Gasteiger partial charge < -0.3 is 40.2 Å². The summed E-state index contributed by atoms with van der Waals surface area (Å²) in [5, 5.41) is 20.6. The average Bonchev–Trinajstić information content (AvgIpc) is 3.67. The average molecular weight is 619 g/mol. The van der Waals surface area contributed by atoms with Gasteiger partial charge in [-0.3, -0.25) is 10.8 Å². The summed E-state index contributed by atoms with van der Waals surface area (Å²) in [4.78, 5) is 33.8. The number of aromatic nitrogens is 3.